The van der Waals surface area contributed by atoms with E-state index in [0.717, 1.165) is 18.9 Å². The van der Waals surface area contributed by atoms with E-state index in [9.17, 15) is 9.59 Å². The van der Waals surface area contributed by atoms with Crippen LogP contribution in [0.5, 0.6) is 0 Å². The number of morpholine rings is 1. The number of aromatic nitrogens is 3. The lowest BCUT2D eigenvalue weighted by atomic mass is 10.1. The van der Waals surface area contributed by atoms with Crippen LogP contribution in [0.15, 0.2) is 47.4 Å². The first-order valence-electron chi connectivity index (χ1n) is 10.0. The molecule has 3 aromatic rings. The number of ether oxygens (including phenoxy) is 1. The molecule has 2 aromatic heterocycles. The molecule has 0 bridgehead atoms. The number of carbonyl (C=O) groups excluding carboxylic acids is 1. The average molecular weight is 407 g/mol. The topological polar surface area (TPSA) is 89.4 Å². The average Bonchev–Trinajstić information content (AvgIpc) is 2.71. The van der Waals surface area contributed by atoms with Gasteiger partial charge in [-0.25, -0.2) is 9.67 Å². The van der Waals surface area contributed by atoms with Crippen LogP contribution in [0.25, 0.3) is 10.8 Å². The summed E-state index contributed by atoms with van der Waals surface area (Å²) >= 11 is 0. The van der Waals surface area contributed by atoms with Crippen molar-refractivity contribution in [3.05, 3.63) is 58.6 Å². The molecule has 156 valence electrons. The number of fused-ring (bicyclic) bond motifs is 1. The number of aryl methyl sites for hydroxylation is 1. The lowest BCUT2D eigenvalue weighted by Crippen LogP contribution is -2.45. The fourth-order valence-corrected chi connectivity index (χ4v) is 3.88. The van der Waals surface area contributed by atoms with E-state index >= 15 is 0 Å². The Labute approximate surface area is 174 Å². The molecule has 1 aliphatic rings. The number of amides is 1. The first-order valence-corrected chi connectivity index (χ1v) is 10.0. The van der Waals surface area contributed by atoms with Crippen molar-refractivity contribution in [1.29, 1.82) is 0 Å². The van der Waals surface area contributed by atoms with Crippen molar-refractivity contribution in [3.8, 4) is 0 Å². The Hall–Kier alpha value is -3.26. The minimum absolute atomic E-state index is 0.0644. The summed E-state index contributed by atoms with van der Waals surface area (Å²) in [6, 6.07) is 10.9. The van der Waals surface area contributed by atoms with E-state index in [1.54, 1.807) is 25.4 Å². The van der Waals surface area contributed by atoms with Gasteiger partial charge in [0.2, 0.25) is 5.91 Å². The van der Waals surface area contributed by atoms with Crippen molar-refractivity contribution in [2.45, 2.75) is 32.5 Å². The normalized spacial score (nSPS) is 19.1. The van der Waals surface area contributed by atoms with E-state index in [0.29, 0.717) is 22.2 Å². The first kappa shape index (κ1) is 20.0. The van der Waals surface area contributed by atoms with Gasteiger partial charge >= 0.3 is 0 Å². The highest BCUT2D eigenvalue weighted by Gasteiger charge is 2.23. The van der Waals surface area contributed by atoms with Crippen molar-refractivity contribution < 1.29 is 9.53 Å². The van der Waals surface area contributed by atoms with Crippen LogP contribution in [-0.4, -0.2) is 46.0 Å². The highest BCUT2D eigenvalue weighted by molar-refractivity contribution is 5.95. The predicted octanol–water partition coefficient (Wildman–Crippen LogP) is 2.12. The zero-order valence-electron chi connectivity index (χ0n) is 17.3. The summed E-state index contributed by atoms with van der Waals surface area (Å²) in [5.74, 6) is 0.648. The largest absolute Gasteiger partial charge is 0.372 e. The quantitative estimate of drug-likeness (QED) is 0.713. The van der Waals surface area contributed by atoms with Crippen LogP contribution < -0.4 is 15.8 Å². The Morgan fingerprint density at radius 1 is 1.13 bits per heavy atom. The van der Waals surface area contributed by atoms with E-state index in [1.165, 1.54) is 4.68 Å². The summed E-state index contributed by atoms with van der Waals surface area (Å²) in [6.07, 6.45) is 2.03. The number of hydrogen-bond acceptors (Lipinski definition) is 6. The molecule has 8 nitrogen and oxygen atoms in total. The Morgan fingerprint density at radius 2 is 1.83 bits per heavy atom. The van der Waals surface area contributed by atoms with Gasteiger partial charge in [-0.2, -0.15) is 5.10 Å². The van der Waals surface area contributed by atoms with Crippen LogP contribution in [0.4, 0.5) is 11.5 Å². The number of pyridine rings is 1. The van der Waals surface area contributed by atoms with Crippen molar-refractivity contribution in [3.63, 3.8) is 0 Å². The minimum atomic E-state index is -0.213. The van der Waals surface area contributed by atoms with Gasteiger partial charge in [0.05, 0.1) is 41.6 Å². The molecule has 4 rings (SSSR count). The van der Waals surface area contributed by atoms with Crippen molar-refractivity contribution in [1.82, 2.24) is 14.8 Å². The number of carbonyl (C=O) groups is 1. The van der Waals surface area contributed by atoms with Gasteiger partial charge in [-0.05, 0) is 32.0 Å². The maximum atomic E-state index is 12.6. The standard InChI is InChI=1S/C22H25N5O3/c1-14-12-27(13-15(2)30-14)20-9-8-16(11-23-20)24-21(28)10-19-17-6-4-5-7-18(17)22(29)26(3)25-19/h4-9,11,14-15H,10,12-13H2,1-3H3,(H,24,28). The number of nitrogens with one attached hydrogen (secondary N) is 1. The van der Waals surface area contributed by atoms with Gasteiger partial charge in [0, 0.05) is 25.5 Å². The molecule has 0 saturated carbocycles. The van der Waals surface area contributed by atoms with Crippen molar-refractivity contribution >= 4 is 28.2 Å². The van der Waals surface area contributed by atoms with Crippen LogP contribution in [0.1, 0.15) is 19.5 Å². The summed E-state index contributed by atoms with van der Waals surface area (Å²) in [4.78, 5) is 31.5. The second kappa shape index (κ2) is 8.23. The number of hydrogen-bond donors (Lipinski definition) is 1. The Bertz CT molecular complexity index is 1120. The van der Waals surface area contributed by atoms with E-state index in [2.05, 4.69) is 20.3 Å². The highest BCUT2D eigenvalue weighted by Crippen LogP contribution is 2.20. The monoisotopic (exact) mass is 407 g/mol. The minimum Gasteiger partial charge on any atom is -0.372 e. The zero-order valence-corrected chi connectivity index (χ0v) is 17.3. The van der Waals surface area contributed by atoms with Crippen LogP contribution in [0, 0.1) is 0 Å². The van der Waals surface area contributed by atoms with Gasteiger partial charge in [0.1, 0.15) is 5.82 Å². The van der Waals surface area contributed by atoms with Gasteiger partial charge in [0.25, 0.3) is 5.56 Å². The first-order chi connectivity index (χ1) is 14.4. The van der Waals surface area contributed by atoms with Gasteiger partial charge < -0.3 is 15.0 Å². The Morgan fingerprint density at radius 3 is 2.50 bits per heavy atom. The second-order valence-electron chi connectivity index (χ2n) is 7.71. The van der Waals surface area contributed by atoms with Crippen molar-refractivity contribution in [2.75, 3.05) is 23.3 Å². The third-order valence-electron chi connectivity index (χ3n) is 5.14. The highest BCUT2D eigenvalue weighted by atomic mass is 16.5. The van der Waals surface area contributed by atoms with Gasteiger partial charge in [-0.3, -0.25) is 9.59 Å². The second-order valence-corrected chi connectivity index (χ2v) is 7.71. The third-order valence-corrected chi connectivity index (χ3v) is 5.14. The van der Waals surface area contributed by atoms with E-state index in [1.807, 2.05) is 38.1 Å². The zero-order chi connectivity index (χ0) is 21.3. The molecule has 8 heteroatoms. The van der Waals surface area contributed by atoms with E-state index in [-0.39, 0.29) is 30.1 Å². The molecule has 1 fully saturated rings. The molecule has 2 unspecified atom stereocenters. The Kier molecular flexibility index (Phi) is 5.50. The van der Waals surface area contributed by atoms with Gasteiger partial charge in [-0.1, -0.05) is 18.2 Å². The van der Waals surface area contributed by atoms with Crippen LogP contribution in [0.3, 0.4) is 0 Å². The maximum Gasteiger partial charge on any atom is 0.274 e. The SMILES string of the molecule is CC1CN(c2ccc(NC(=O)Cc3nn(C)c(=O)c4ccccc34)cn2)CC(C)O1. The summed E-state index contributed by atoms with van der Waals surface area (Å²) in [5, 5.41) is 8.39. The number of nitrogens with zero attached hydrogens (tertiary/aromatic N) is 4. The number of anilines is 2. The summed E-state index contributed by atoms with van der Waals surface area (Å²) in [7, 11) is 1.59. The third kappa shape index (κ3) is 4.18. The van der Waals surface area contributed by atoms with E-state index < -0.39 is 0 Å². The Balaban J connectivity index is 1.47. The molecule has 0 radical (unpaired) electrons. The maximum absolute atomic E-state index is 12.6. The summed E-state index contributed by atoms with van der Waals surface area (Å²) in [5.41, 5.74) is 1.000. The number of rotatable bonds is 4. The van der Waals surface area contributed by atoms with Crippen LogP contribution in [-0.2, 0) is 23.0 Å². The predicted molar refractivity (Wildman–Crippen MR) is 116 cm³/mol. The molecule has 1 saturated heterocycles. The van der Waals surface area contributed by atoms with Gasteiger partial charge in [-0.15, -0.1) is 0 Å². The molecule has 1 N–H and O–H groups in total. The molecular formula is C22H25N5O3. The molecule has 30 heavy (non-hydrogen) atoms. The number of benzene rings is 1. The molecule has 0 spiro atoms. The smallest absolute Gasteiger partial charge is 0.274 e. The summed E-state index contributed by atoms with van der Waals surface area (Å²) in [6.45, 7) is 5.67. The molecule has 1 aromatic carbocycles. The molecule has 0 aliphatic carbocycles. The molecular weight excluding hydrogens is 382 g/mol. The fourth-order valence-electron chi connectivity index (χ4n) is 3.88. The molecule has 1 amide bonds. The van der Waals surface area contributed by atoms with Crippen LogP contribution >= 0.6 is 0 Å². The molecule has 1 aliphatic heterocycles. The van der Waals surface area contributed by atoms with Gasteiger partial charge in [0.15, 0.2) is 0 Å². The van der Waals surface area contributed by atoms with Crippen LogP contribution in [0.2, 0.25) is 0 Å². The van der Waals surface area contributed by atoms with E-state index in [4.69, 9.17) is 4.74 Å². The summed E-state index contributed by atoms with van der Waals surface area (Å²) < 4.78 is 7.03. The van der Waals surface area contributed by atoms with Crippen molar-refractivity contribution in [2.24, 2.45) is 7.05 Å². The molecule has 3 heterocycles. The molecule has 2 atom stereocenters. The lowest BCUT2D eigenvalue weighted by molar-refractivity contribution is -0.115. The lowest BCUT2D eigenvalue weighted by Gasteiger charge is -2.36. The fraction of sp³-hybridized carbons (Fsp3) is 0.364.